The lowest BCUT2D eigenvalue weighted by atomic mass is 10.0. The van der Waals surface area contributed by atoms with E-state index in [4.69, 9.17) is 0 Å². The fourth-order valence-corrected chi connectivity index (χ4v) is 2.15. The first-order valence-corrected chi connectivity index (χ1v) is 5.71. The van der Waals surface area contributed by atoms with E-state index in [0.29, 0.717) is 5.92 Å². The van der Waals surface area contributed by atoms with Gasteiger partial charge in [0.25, 0.3) is 0 Å². The molecule has 0 bridgehead atoms. The molecule has 2 heterocycles. The second-order valence-corrected chi connectivity index (χ2v) is 4.13. The summed E-state index contributed by atoms with van der Waals surface area (Å²) >= 11 is 0. The van der Waals surface area contributed by atoms with E-state index in [1.807, 2.05) is 0 Å². The van der Waals surface area contributed by atoms with Crippen LogP contribution in [0.1, 0.15) is 20.3 Å². The lowest BCUT2D eigenvalue weighted by Gasteiger charge is -2.38. The highest BCUT2D eigenvalue weighted by molar-refractivity contribution is 5.19. The minimum Gasteiger partial charge on any atom is -0.349 e. The highest BCUT2D eigenvalue weighted by atomic mass is 15.3. The number of likely N-dealkylation sites (N-methyl/N-ethyl adjacent to an activating group) is 1. The maximum absolute atomic E-state index is 2.51. The normalized spacial score (nSPS) is 27.4. The molecule has 2 rings (SSSR count). The van der Waals surface area contributed by atoms with Gasteiger partial charge < -0.3 is 4.90 Å². The van der Waals surface area contributed by atoms with Crippen molar-refractivity contribution in [2.75, 3.05) is 26.2 Å². The molecule has 0 aromatic carbocycles. The molecule has 0 radical (unpaired) electrons. The molecule has 0 amide bonds. The molecule has 1 atom stereocenters. The molecule has 0 N–H and O–H groups in total. The summed E-state index contributed by atoms with van der Waals surface area (Å²) in [5, 5.41) is 0. The largest absolute Gasteiger partial charge is 0.349 e. The van der Waals surface area contributed by atoms with E-state index in [0.717, 1.165) is 13.1 Å². The Balaban J connectivity index is 2.06. The van der Waals surface area contributed by atoms with Gasteiger partial charge in [0.15, 0.2) is 0 Å². The molecule has 1 unspecified atom stereocenters. The Morgan fingerprint density at radius 3 is 2.93 bits per heavy atom. The molecule has 1 saturated heterocycles. The van der Waals surface area contributed by atoms with Gasteiger partial charge in [-0.2, -0.15) is 0 Å². The summed E-state index contributed by atoms with van der Waals surface area (Å²) in [7, 11) is 0. The first kappa shape index (κ1) is 9.78. The zero-order valence-corrected chi connectivity index (χ0v) is 9.24. The predicted molar refractivity (Wildman–Crippen MR) is 59.8 cm³/mol. The molecule has 14 heavy (non-hydrogen) atoms. The van der Waals surface area contributed by atoms with Gasteiger partial charge in [0.2, 0.25) is 0 Å². The first-order valence-electron chi connectivity index (χ1n) is 5.71. The fourth-order valence-electron chi connectivity index (χ4n) is 2.15. The van der Waals surface area contributed by atoms with Crippen molar-refractivity contribution >= 4 is 0 Å². The third-order valence-corrected chi connectivity index (χ3v) is 3.25. The Morgan fingerprint density at radius 2 is 2.21 bits per heavy atom. The van der Waals surface area contributed by atoms with Crippen LogP contribution in [0, 0.1) is 5.92 Å². The summed E-state index contributed by atoms with van der Waals surface area (Å²) in [5.74, 6) is 0.665. The maximum atomic E-state index is 2.51. The van der Waals surface area contributed by atoms with Crippen LogP contribution in [0.3, 0.4) is 0 Å². The summed E-state index contributed by atoms with van der Waals surface area (Å²) in [6.45, 7) is 9.17. The standard InChI is InChI=1S/C12H20N2/c1-3-11-5-6-14-8-7-13(4-2)10-12(14)9-11/h5-6,9,11H,3-4,7-8,10H2,1-2H3. The van der Waals surface area contributed by atoms with E-state index in [9.17, 15) is 0 Å². The third-order valence-electron chi connectivity index (χ3n) is 3.25. The topological polar surface area (TPSA) is 6.48 Å². The van der Waals surface area contributed by atoms with Crippen LogP contribution in [0.2, 0.25) is 0 Å². The number of piperazine rings is 1. The lowest BCUT2D eigenvalue weighted by Crippen LogP contribution is -2.43. The summed E-state index contributed by atoms with van der Waals surface area (Å²) < 4.78 is 0. The molecule has 0 saturated carbocycles. The van der Waals surface area contributed by atoms with E-state index in [1.54, 1.807) is 0 Å². The van der Waals surface area contributed by atoms with Gasteiger partial charge in [-0.3, -0.25) is 4.90 Å². The summed E-state index contributed by atoms with van der Waals surface area (Å²) in [5.41, 5.74) is 1.51. The highest BCUT2D eigenvalue weighted by Gasteiger charge is 2.21. The van der Waals surface area contributed by atoms with Gasteiger partial charge in [0.05, 0.1) is 0 Å². The van der Waals surface area contributed by atoms with E-state index < -0.39 is 0 Å². The molecule has 78 valence electrons. The SMILES string of the molecule is CCC1C=CN2CCN(CC)CC2=C1. The van der Waals surface area contributed by atoms with Gasteiger partial charge in [-0.05, 0) is 18.9 Å². The molecule has 0 spiro atoms. The van der Waals surface area contributed by atoms with Gasteiger partial charge in [-0.1, -0.05) is 26.0 Å². The average Bonchev–Trinajstić information content (AvgIpc) is 2.27. The number of nitrogens with zero attached hydrogens (tertiary/aromatic N) is 2. The minimum absolute atomic E-state index is 0.665. The molecule has 0 aromatic rings. The number of allylic oxidation sites excluding steroid dienone is 2. The first-order chi connectivity index (χ1) is 6.83. The number of hydrogen-bond donors (Lipinski definition) is 0. The quantitative estimate of drug-likeness (QED) is 0.661. The molecular formula is C12H20N2. The highest BCUT2D eigenvalue weighted by Crippen LogP contribution is 2.22. The van der Waals surface area contributed by atoms with Gasteiger partial charge in [-0.25, -0.2) is 0 Å². The van der Waals surface area contributed by atoms with Crippen LogP contribution in [0.5, 0.6) is 0 Å². The van der Waals surface area contributed by atoms with Crippen LogP contribution < -0.4 is 0 Å². The second kappa shape index (κ2) is 4.18. The average molecular weight is 192 g/mol. The van der Waals surface area contributed by atoms with Crippen LogP contribution in [0.25, 0.3) is 0 Å². The summed E-state index contributed by atoms with van der Waals surface area (Å²) in [4.78, 5) is 4.91. The van der Waals surface area contributed by atoms with E-state index in [2.05, 4.69) is 42.0 Å². The Labute approximate surface area is 86.9 Å². The lowest BCUT2D eigenvalue weighted by molar-refractivity contribution is 0.213. The molecule has 2 nitrogen and oxygen atoms in total. The monoisotopic (exact) mass is 192 g/mol. The number of rotatable bonds is 2. The van der Waals surface area contributed by atoms with Crippen LogP contribution in [-0.2, 0) is 0 Å². The van der Waals surface area contributed by atoms with Crippen molar-refractivity contribution in [1.29, 1.82) is 0 Å². The van der Waals surface area contributed by atoms with Gasteiger partial charge in [0, 0.05) is 31.5 Å². The molecular weight excluding hydrogens is 172 g/mol. The molecule has 2 aliphatic heterocycles. The number of hydrogen-bond acceptors (Lipinski definition) is 2. The van der Waals surface area contributed by atoms with Crippen molar-refractivity contribution in [3.8, 4) is 0 Å². The molecule has 0 aromatic heterocycles. The van der Waals surface area contributed by atoms with Gasteiger partial charge >= 0.3 is 0 Å². The minimum atomic E-state index is 0.665. The number of fused-ring (bicyclic) bond motifs is 1. The third kappa shape index (κ3) is 1.85. The van der Waals surface area contributed by atoms with Crippen LogP contribution >= 0.6 is 0 Å². The van der Waals surface area contributed by atoms with E-state index in [-0.39, 0.29) is 0 Å². The van der Waals surface area contributed by atoms with Crippen molar-refractivity contribution in [3.05, 3.63) is 24.0 Å². The van der Waals surface area contributed by atoms with Crippen molar-refractivity contribution < 1.29 is 0 Å². The Morgan fingerprint density at radius 1 is 1.36 bits per heavy atom. The second-order valence-electron chi connectivity index (χ2n) is 4.13. The van der Waals surface area contributed by atoms with E-state index in [1.165, 1.54) is 25.2 Å². The Kier molecular flexibility index (Phi) is 2.92. The van der Waals surface area contributed by atoms with Crippen LogP contribution in [-0.4, -0.2) is 36.0 Å². The Bertz CT molecular complexity index is 255. The molecule has 2 aliphatic rings. The van der Waals surface area contributed by atoms with Crippen molar-refractivity contribution in [2.24, 2.45) is 5.92 Å². The smallest absolute Gasteiger partial charge is 0.0384 e. The van der Waals surface area contributed by atoms with Gasteiger partial charge in [0.1, 0.15) is 0 Å². The predicted octanol–water partition coefficient (Wildman–Crippen LogP) is 2.06. The zero-order valence-electron chi connectivity index (χ0n) is 9.24. The van der Waals surface area contributed by atoms with Crippen LogP contribution in [0.4, 0.5) is 0 Å². The Hall–Kier alpha value is -0.760. The van der Waals surface area contributed by atoms with E-state index >= 15 is 0 Å². The molecule has 2 heteroatoms. The molecule has 1 fully saturated rings. The van der Waals surface area contributed by atoms with Crippen molar-refractivity contribution in [1.82, 2.24) is 9.80 Å². The summed E-state index contributed by atoms with van der Waals surface area (Å²) in [6.07, 6.45) is 8.25. The van der Waals surface area contributed by atoms with Crippen molar-refractivity contribution in [2.45, 2.75) is 20.3 Å². The molecule has 0 aliphatic carbocycles. The fraction of sp³-hybridized carbons (Fsp3) is 0.667. The van der Waals surface area contributed by atoms with Crippen molar-refractivity contribution in [3.63, 3.8) is 0 Å². The summed E-state index contributed by atoms with van der Waals surface area (Å²) in [6, 6.07) is 0. The maximum Gasteiger partial charge on any atom is 0.0384 e. The van der Waals surface area contributed by atoms with Gasteiger partial charge in [-0.15, -0.1) is 0 Å². The van der Waals surface area contributed by atoms with Crippen LogP contribution in [0.15, 0.2) is 24.0 Å². The zero-order chi connectivity index (χ0) is 9.97.